The molecule has 3 amide bonds. The van der Waals surface area contributed by atoms with Crippen molar-refractivity contribution in [2.45, 2.75) is 52.6 Å². The lowest BCUT2D eigenvalue weighted by atomic mass is 9.92. The highest BCUT2D eigenvalue weighted by Gasteiger charge is 2.30. The van der Waals surface area contributed by atoms with E-state index >= 15 is 0 Å². The van der Waals surface area contributed by atoms with Crippen LogP contribution in [0, 0.1) is 19.8 Å². The molecule has 0 saturated carbocycles. The number of rotatable bonds is 5. The zero-order valence-corrected chi connectivity index (χ0v) is 18.3. The molecule has 1 atom stereocenters. The van der Waals surface area contributed by atoms with Crippen LogP contribution in [0.15, 0.2) is 42.6 Å². The highest BCUT2D eigenvalue weighted by Crippen LogP contribution is 2.27. The van der Waals surface area contributed by atoms with Gasteiger partial charge in [-0.3, -0.25) is 9.78 Å². The van der Waals surface area contributed by atoms with Crippen molar-refractivity contribution in [1.82, 2.24) is 20.5 Å². The second kappa shape index (κ2) is 9.74. The summed E-state index contributed by atoms with van der Waals surface area (Å²) in [5.41, 5.74) is 4.09. The van der Waals surface area contributed by atoms with Crippen molar-refractivity contribution in [2.24, 2.45) is 5.92 Å². The van der Waals surface area contributed by atoms with Crippen LogP contribution in [0.1, 0.15) is 55.1 Å². The van der Waals surface area contributed by atoms with E-state index < -0.39 is 0 Å². The number of likely N-dealkylation sites (tertiary alicyclic amines) is 1. The van der Waals surface area contributed by atoms with Crippen molar-refractivity contribution in [3.63, 3.8) is 0 Å². The van der Waals surface area contributed by atoms with Gasteiger partial charge in [-0.15, -0.1) is 0 Å². The number of benzene rings is 1. The molecule has 2 N–H and O–H groups in total. The molecule has 3 rings (SSSR count). The topological polar surface area (TPSA) is 74.3 Å². The quantitative estimate of drug-likeness (QED) is 0.792. The van der Waals surface area contributed by atoms with E-state index in [2.05, 4.69) is 28.6 Å². The first-order chi connectivity index (χ1) is 14.4. The lowest BCUT2D eigenvalue weighted by Gasteiger charge is -2.33. The summed E-state index contributed by atoms with van der Waals surface area (Å²) < 4.78 is 0. The Morgan fingerprint density at radius 2 is 1.67 bits per heavy atom. The van der Waals surface area contributed by atoms with Gasteiger partial charge in [-0.2, -0.15) is 0 Å². The van der Waals surface area contributed by atoms with Gasteiger partial charge in [0, 0.05) is 31.2 Å². The molecule has 6 nitrogen and oxygen atoms in total. The number of hydrogen-bond acceptors (Lipinski definition) is 3. The number of nitrogens with one attached hydrogen (secondary N) is 2. The van der Waals surface area contributed by atoms with Gasteiger partial charge in [0.1, 0.15) is 0 Å². The predicted molar refractivity (Wildman–Crippen MR) is 118 cm³/mol. The van der Waals surface area contributed by atoms with E-state index in [9.17, 15) is 9.59 Å². The Hall–Kier alpha value is -2.89. The van der Waals surface area contributed by atoms with Crippen LogP contribution in [0.3, 0.4) is 0 Å². The third kappa shape index (κ3) is 5.17. The number of carbonyl (C=O) groups excluding carboxylic acids is 2. The van der Waals surface area contributed by atoms with Crippen LogP contribution in [0.5, 0.6) is 0 Å². The fourth-order valence-corrected chi connectivity index (χ4v) is 3.95. The summed E-state index contributed by atoms with van der Waals surface area (Å²) in [7, 11) is 0. The number of nitrogens with zero attached hydrogens (tertiary/aromatic N) is 2. The average molecular weight is 409 g/mol. The minimum atomic E-state index is -0.290. The minimum Gasteiger partial charge on any atom is -0.343 e. The van der Waals surface area contributed by atoms with Gasteiger partial charge in [-0.05, 0) is 63.3 Å². The highest BCUT2D eigenvalue weighted by atomic mass is 16.2. The molecule has 2 heterocycles. The third-order valence-corrected chi connectivity index (χ3v) is 5.67. The number of piperidine rings is 1. The lowest BCUT2D eigenvalue weighted by Crippen LogP contribution is -2.48. The van der Waals surface area contributed by atoms with E-state index in [4.69, 9.17) is 0 Å². The maximum Gasteiger partial charge on any atom is 0.317 e. The van der Waals surface area contributed by atoms with E-state index in [-0.39, 0.29) is 29.9 Å². The summed E-state index contributed by atoms with van der Waals surface area (Å²) in [6, 6.07) is 11.8. The van der Waals surface area contributed by atoms with Crippen molar-refractivity contribution in [3.05, 3.63) is 65.0 Å². The van der Waals surface area contributed by atoms with Gasteiger partial charge in [0.05, 0.1) is 11.7 Å². The number of aromatic nitrogens is 1. The number of aryl methyl sites for hydroxylation is 2. The molecular formula is C24H32N4O2. The van der Waals surface area contributed by atoms with Gasteiger partial charge >= 0.3 is 6.03 Å². The molecule has 1 aliphatic heterocycles. The maximum absolute atomic E-state index is 13.2. The van der Waals surface area contributed by atoms with Gasteiger partial charge < -0.3 is 15.5 Å². The summed E-state index contributed by atoms with van der Waals surface area (Å²) in [5.74, 6) is -0.0825. The van der Waals surface area contributed by atoms with Crippen molar-refractivity contribution in [3.8, 4) is 0 Å². The normalized spacial score (nSPS) is 15.7. The highest BCUT2D eigenvalue weighted by molar-refractivity contribution is 5.80. The molecule has 1 saturated heterocycles. The smallest absolute Gasteiger partial charge is 0.317 e. The van der Waals surface area contributed by atoms with Gasteiger partial charge in [-0.25, -0.2) is 4.79 Å². The molecule has 2 aromatic rings. The zero-order valence-electron chi connectivity index (χ0n) is 18.3. The number of hydrogen-bond donors (Lipinski definition) is 2. The number of pyridine rings is 1. The fourth-order valence-electron chi connectivity index (χ4n) is 3.95. The predicted octanol–water partition coefficient (Wildman–Crippen LogP) is 3.73. The summed E-state index contributed by atoms with van der Waals surface area (Å²) >= 11 is 0. The van der Waals surface area contributed by atoms with Crippen LogP contribution in [0.4, 0.5) is 4.79 Å². The molecule has 0 radical (unpaired) electrons. The van der Waals surface area contributed by atoms with E-state index in [0.717, 1.165) is 22.4 Å². The van der Waals surface area contributed by atoms with E-state index in [1.54, 1.807) is 11.1 Å². The zero-order chi connectivity index (χ0) is 21.7. The molecule has 0 bridgehead atoms. The molecule has 30 heavy (non-hydrogen) atoms. The number of amides is 3. The molecule has 0 aliphatic carbocycles. The molecule has 1 aromatic heterocycles. The molecule has 1 aromatic carbocycles. The van der Waals surface area contributed by atoms with E-state index in [1.807, 2.05) is 51.1 Å². The number of urea groups is 1. The monoisotopic (exact) mass is 408 g/mol. The first kappa shape index (κ1) is 21.8. The van der Waals surface area contributed by atoms with Gasteiger partial charge in [0.25, 0.3) is 0 Å². The maximum atomic E-state index is 13.2. The largest absolute Gasteiger partial charge is 0.343 e. The summed E-state index contributed by atoms with van der Waals surface area (Å²) in [4.78, 5) is 31.8. The van der Waals surface area contributed by atoms with Gasteiger partial charge in [-0.1, -0.05) is 30.3 Å². The Kier molecular flexibility index (Phi) is 7.08. The Bertz CT molecular complexity index is 843. The third-order valence-electron chi connectivity index (χ3n) is 5.67. The van der Waals surface area contributed by atoms with Crippen molar-refractivity contribution in [1.29, 1.82) is 0 Å². The van der Waals surface area contributed by atoms with Crippen LogP contribution in [0.25, 0.3) is 0 Å². The second-order valence-corrected chi connectivity index (χ2v) is 8.37. The molecule has 1 fully saturated rings. The Labute approximate surface area is 179 Å². The Morgan fingerprint density at radius 1 is 1.00 bits per heavy atom. The average Bonchev–Trinajstić information content (AvgIpc) is 2.73. The minimum absolute atomic E-state index is 0.0252. The van der Waals surface area contributed by atoms with Gasteiger partial charge in [0.2, 0.25) is 5.91 Å². The van der Waals surface area contributed by atoms with Crippen LogP contribution in [-0.2, 0) is 4.79 Å². The van der Waals surface area contributed by atoms with E-state index in [0.29, 0.717) is 25.9 Å². The van der Waals surface area contributed by atoms with Crippen LogP contribution >= 0.6 is 0 Å². The summed E-state index contributed by atoms with van der Waals surface area (Å²) in [6.45, 7) is 9.15. The van der Waals surface area contributed by atoms with Gasteiger partial charge in [0.15, 0.2) is 0 Å². The van der Waals surface area contributed by atoms with Crippen molar-refractivity contribution >= 4 is 11.9 Å². The van der Waals surface area contributed by atoms with Crippen LogP contribution in [-0.4, -0.2) is 41.0 Å². The second-order valence-electron chi connectivity index (χ2n) is 8.37. The van der Waals surface area contributed by atoms with Crippen molar-refractivity contribution in [2.75, 3.05) is 13.1 Å². The summed E-state index contributed by atoms with van der Waals surface area (Å²) in [5, 5.41) is 6.18. The van der Waals surface area contributed by atoms with Crippen LogP contribution < -0.4 is 10.6 Å². The molecule has 1 unspecified atom stereocenters. The first-order valence-electron chi connectivity index (χ1n) is 10.7. The molecule has 160 valence electrons. The van der Waals surface area contributed by atoms with E-state index in [1.165, 1.54) is 0 Å². The Balaban J connectivity index is 1.73. The summed E-state index contributed by atoms with van der Waals surface area (Å²) in [6.07, 6.45) is 3.10. The fraction of sp³-hybridized carbons (Fsp3) is 0.458. The van der Waals surface area contributed by atoms with Crippen molar-refractivity contribution < 1.29 is 9.59 Å². The van der Waals surface area contributed by atoms with Crippen LogP contribution in [0.2, 0.25) is 0 Å². The first-order valence-corrected chi connectivity index (χ1v) is 10.7. The lowest BCUT2D eigenvalue weighted by molar-refractivity contribution is -0.126. The number of carbonyl (C=O) groups is 2. The standard InChI is InChI=1S/C24H32N4O2/c1-16(2)26-24(30)28-14-11-19(12-15-28)23(29)27-22(20-10-6-5-8-17(20)3)21-18(4)9-7-13-25-21/h5-10,13,16,19,22H,11-12,14-15H2,1-4H3,(H,26,30)(H,27,29). The molecular weight excluding hydrogens is 376 g/mol. The molecule has 1 aliphatic rings. The molecule has 0 spiro atoms. The molecule has 6 heteroatoms. The SMILES string of the molecule is Cc1ccccc1C(NC(=O)C1CCN(C(=O)NC(C)C)CC1)c1ncccc1C. The Morgan fingerprint density at radius 3 is 2.30 bits per heavy atom.